The molecule has 0 aliphatic carbocycles. The number of piperidine rings is 1. The normalized spacial score (nSPS) is 17.9. The molecule has 1 aromatic carbocycles. The number of carbonyl (C=O) groups is 2. The van der Waals surface area contributed by atoms with Crippen molar-refractivity contribution in [3.05, 3.63) is 34.3 Å². The highest BCUT2D eigenvalue weighted by molar-refractivity contribution is 9.10. The number of rotatable bonds is 8. The van der Waals surface area contributed by atoms with E-state index in [1.54, 1.807) is 0 Å². The number of likely N-dealkylation sites (tertiary alicyclic amines) is 1. The number of nitrogens with one attached hydrogen (secondary N) is 1. The predicted octanol–water partition coefficient (Wildman–Crippen LogP) is 2.59. The number of nitrogens with zero attached hydrogens (tertiary/aromatic N) is 3. The van der Waals surface area contributed by atoms with Crippen LogP contribution in [0.5, 0.6) is 0 Å². The number of halogens is 1. The third-order valence-corrected chi connectivity index (χ3v) is 6.27. The Balaban J connectivity index is 1.57. The predicted molar refractivity (Wildman–Crippen MR) is 119 cm³/mol. The standard InChI is InChI=1S/C22H33BrN4O2/c23-20-7-4-6-19(18-20)22(29)27(14-5-13-25-11-2-1-3-12-25)15-8-21(28)26-16-9-24-10-17-26/h4,6-7,18,24H,1-3,5,8-17H2. The van der Waals surface area contributed by atoms with Crippen LogP contribution in [0.4, 0.5) is 0 Å². The molecular formula is C22H33BrN4O2. The molecule has 0 spiro atoms. The molecule has 160 valence electrons. The van der Waals surface area contributed by atoms with Gasteiger partial charge in [-0.2, -0.15) is 0 Å². The van der Waals surface area contributed by atoms with Gasteiger partial charge < -0.3 is 20.0 Å². The molecular weight excluding hydrogens is 432 g/mol. The minimum Gasteiger partial charge on any atom is -0.340 e. The van der Waals surface area contributed by atoms with Gasteiger partial charge in [0.15, 0.2) is 0 Å². The Labute approximate surface area is 182 Å². The molecule has 2 aliphatic rings. The average Bonchev–Trinajstić information content (AvgIpc) is 2.76. The Morgan fingerprint density at radius 2 is 1.79 bits per heavy atom. The van der Waals surface area contributed by atoms with Crippen molar-refractivity contribution in [3.63, 3.8) is 0 Å². The van der Waals surface area contributed by atoms with Crippen LogP contribution in [0.15, 0.2) is 28.7 Å². The Morgan fingerprint density at radius 1 is 1.03 bits per heavy atom. The van der Waals surface area contributed by atoms with E-state index in [0.717, 1.165) is 43.6 Å². The number of piperazine rings is 1. The fourth-order valence-electron chi connectivity index (χ4n) is 4.09. The van der Waals surface area contributed by atoms with Crippen molar-refractivity contribution in [3.8, 4) is 0 Å². The minimum atomic E-state index is 0.0121. The van der Waals surface area contributed by atoms with E-state index >= 15 is 0 Å². The first-order valence-corrected chi connectivity index (χ1v) is 11.7. The van der Waals surface area contributed by atoms with Crippen LogP contribution in [-0.4, -0.2) is 85.4 Å². The Morgan fingerprint density at radius 3 is 2.52 bits per heavy atom. The molecule has 0 saturated carbocycles. The molecule has 2 fully saturated rings. The molecule has 3 rings (SSSR count). The summed E-state index contributed by atoms with van der Waals surface area (Å²) in [5.74, 6) is 0.160. The number of carbonyl (C=O) groups excluding carboxylic acids is 2. The van der Waals surface area contributed by atoms with Crippen molar-refractivity contribution in [1.29, 1.82) is 0 Å². The number of hydrogen-bond donors (Lipinski definition) is 1. The minimum absolute atomic E-state index is 0.0121. The van der Waals surface area contributed by atoms with Crippen molar-refractivity contribution >= 4 is 27.7 Å². The van der Waals surface area contributed by atoms with Crippen LogP contribution < -0.4 is 5.32 Å². The van der Waals surface area contributed by atoms with E-state index in [2.05, 4.69) is 26.1 Å². The van der Waals surface area contributed by atoms with Gasteiger partial charge in [0.25, 0.3) is 5.91 Å². The van der Waals surface area contributed by atoms with Crippen molar-refractivity contribution in [1.82, 2.24) is 20.0 Å². The van der Waals surface area contributed by atoms with Gasteiger partial charge in [0.05, 0.1) is 0 Å². The monoisotopic (exact) mass is 464 g/mol. The second kappa shape index (κ2) is 11.7. The highest BCUT2D eigenvalue weighted by Gasteiger charge is 2.21. The molecule has 0 bridgehead atoms. The van der Waals surface area contributed by atoms with E-state index in [-0.39, 0.29) is 11.8 Å². The second-order valence-electron chi connectivity index (χ2n) is 7.94. The largest absolute Gasteiger partial charge is 0.340 e. The maximum atomic E-state index is 13.1. The van der Waals surface area contributed by atoms with Gasteiger partial charge in [-0.3, -0.25) is 9.59 Å². The van der Waals surface area contributed by atoms with Crippen LogP contribution in [-0.2, 0) is 4.79 Å². The summed E-state index contributed by atoms with van der Waals surface area (Å²) in [5, 5.41) is 3.27. The molecule has 2 saturated heterocycles. The van der Waals surface area contributed by atoms with Crippen molar-refractivity contribution in [2.75, 3.05) is 58.9 Å². The van der Waals surface area contributed by atoms with E-state index in [1.165, 1.54) is 32.4 Å². The van der Waals surface area contributed by atoms with E-state index in [9.17, 15) is 9.59 Å². The van der Waals surface area contributed by atoms with Gasteiger partial charge in [-0.1, -0.05) is 28.4 Å². The van der Waals surface area contributed by atoms with Crippen LogP contribution in [0.3, 0.4) is 0 Å². The summed E-state index contributed by atoms with van der Waals surface area (Å²) < 4.78 is 0.897. The van der Waals surface area contributed by atoms with E-state index in [1.807, 2.05) is 34.1 Å². The summed E-state index contributed by atoms with van der Waals surface area (Å²) in [4.78, 5) is 32.0. The third-order valence-electron chi connectivity index (χ3n) is 5.78. The molecule has 2 heterocycles. The number of benzene rings is 1. The fourth-order valence-corrected chi connectivity index (χ4v) is 4.49. The molecule has 0 atom stereocenters. The molecule has 0 aromatic heterocycles. The Kier molecular flexibility index (Phi) is 8.95. The molecule has 7 heteroatoms. The first-order valence-electron chi connectivity index (χ1n) is 10.9. The van der Waals surface area contributed by atoms with E-state index < -0.39 is 0 Å². The van der Waals surface area contributed by atoms with Gasteiger partial charge in [-0.25, -0.2) is 0 Å². The lowest BCUT2D eigenvalue weighted by molar-refractivity contribution is -0.131. The fraction of sp³-hybridized carbons (Fsp3) is 0.636. The van der Waals surface area contributed by atoms with Gasteiger partial charge >= 0.3 is 0 Å². The van der Waals surface area contributed by atoms with E-state index in [0.29, 0.717) is 25.1 Å². The first-order chi connectivity index (χ1) is 14.1. The number of hydrogen-bond acceptors (Lipinski definition) is 4. The van der Waals surface area contributed by atoms with Crippen LogP contribution >= 0.6 is 15.9 Å². The van der Waals surface area contributed by atoms with Crippen molar-refractivity contribution in [2.45, 2.75) is 32.1 Å². The maximum absolute atomic E-state index is 13.1. The molecule has 2 aliphatic heterocycles. The molecule has 1 N–H and O–H groups in total. The molecule has 29 heavy (non-hydrogen) atoms. The zero-order valence-corrected chi connectivity index (χ0v) is 18.8. The van der Waals surface area contributed by atoms with Crippen molar-refractivity contribution in [2.24, 2.45) is 0 Å². The van der Waals surface area contributed by atoms with Gasteiger partial charge in [0.2, 0.25) is 5.91 Å². The summed E-state index contributed by atoms with van der Waals surface area (Å²) in [6.45, 7) is 7.74. The lowest BCUT2D eigenvalue weighted by Gasteiger charge is -2.30. The van der Waals surface area contributed by atoms with Gasteiger partial charge in [0, 0.05) is 55.7 Å². The summed E-state index contributed by atoms with van der Waals surface area (Å²) in [6.07, 6.45) is 5.23. The third kappa shape index (κ3) is 7.08. The molecule has 0 radical (unpaired) electrons. The van der Waals surface area contributed by atoms with Crippen LogP contribution in [0.25, 0.3) is 0 Å². The van der Waals surface area contributed by atoms with Crippen LogP contribution in [0.1, 0.15) is 42.5 Å². The molecule has 6 nitrogen and oxygen atoms in total. The number of amides is 2. The Hall–Kier alpha value is -1.44. The van der Waals surface area contributed by atoms with Crippen molar-refractivity contribution < 1.29 is 9.59 Å². The molecule has 0 unspecified atom stereocenters. The lowest BCUT2D eigenvalue weighted by Crippen LogP contribution is -2.47. The average molecular weight is 465 g/mol. The quantitative estimate of drug-likeness (QED) is 0.642. The topological polar surface area (TPSA) is 55.9 Å². The Bertz CT molecular complexity index is 673. The summed E-state index contributed by atoms with van der Waals surface area (Å²) >= 11 is 3.45. The maximum Gasteiger partial charge on any atom is 0.253 e. The molecule has 2 amide bonds. The summed E-state index contributed by atoms with van der Waals surface area (Å²) in [7, 11) is 0. The highest BCUT2D eigenvalue weighted by Crippen LogP contribution is 2.15. The SMILES string of the molecule is O=C(CCN(CCCN1CCCCC1)C(=O)c1cccc(Br)c1)N1CCNCC1. The lowest BCUT2D eigenvalue weighted by atomic mass is 10.1. The van der Waals surface area contributed by atoms with Gasteiger partial charge in [-0.05, 0) is 57.1 Å². The summed E-state index contributed by atoms with van der Waals surface area (Å²) in [6, 6.07) is 7.52. The summed E-state index contributed by atoms with van der Waals surface area (Å²) in [5.41, 5.74) is 0.673. The zero-order valence-electron chi connectivity index (χ0n) is 17.2. The smallest absolute Gasteiger partial charge is 0.253 e. The van der Waals surface area contributed by atoms with Gasteiger partial charge in [0.1, 0.15) is 0 Å². The highest BCUT2D eigenvalue weighted by atomic mass is 79.9. The first kappa shape index (κ1) is 22.2. The van der Waals surface area contributed by atoms with Crippen LogP contribution in [0.2, 0.25) is 0 Å². The van der Waals surface area contributed by atoms with Gasteiger partial charge in [-0.15, -0.1) is 0 Å². The van der Waals surface area contributed by atoms with Crippen LogP contribution in [0, 0.1) is 0 Å². The zero-order chi connectivity index (χ0) is 20.5. The van der Waals surface area contributed by atoms with E-state index in [4.69, 9.17) is 0 Å². The molecule has 1 aromatic rings. The second-order valence-corrected chi connectivity index (χ2v) is 8.85.